The standard InChI is InChI=1S/C64H78N4O8S2/c1-40(2)56-37-78-77-36-54-53-33-52-46-19-22-49(70)32-48(69)21-18-45-20-23-57(72)59(74-3)51(45)14-9-13-47(31-46)58(60(52)76-61(53)73)75-39-66-64(26-10-15-55(54)67-62(65)68-56)35-44(34-63(38-64)24-7-8-25-63)28-43-27-42(29-50(71)30-43)17-16-41-11-5-4-6-12-41/h4-6,11-12,20,23,27,29-31,40,44,49,53-56,61,66,70-73H,7-8,13,16-19,21-22,24-26,28,32-39H2,1-3H3,(H3,65,67,68). The number of ether oxygens (including phenoxy) is 3. The van der Waals surface area contributed by atoms with Crippen molar-refractivity contribution >= 4 is 33.3 Å². The van der Waals surface area contributed by atoms with Gasteiger partial charge in [-0.05, 0) is 140 Å². The lowest BCUT2D eigenvalue weighted by atomic mass is 9.59. The molecule has 4 aromatic carbocycles. The molecule has 8 N–H and O–H groups in total. The molecule has 0 radical (unpaired) electrons. The van der Waals surface area contributed by atoms with Gasteiger partial charge < -0.3 is 45.7 Å². The summed E-state index contributed by atoms with van der Waals surface area (Å²) in [5.41, 5.74) is 14.0. The van der Waals surface area contributed by atoms with Gasteiger partial charge in [-0.15, -0.1) is 0 Å². The summed E-state index contributed by atoms with van der Waals surface area (Å²) in [7, 11) is 5.05. The number of fused-ring (bicyclic) bond motifs is 7. The molecule has 6 bridgehead atoms. The van der Waals surface area contributed by atoms with E-state index >= 15 is 0 Å². The normalized spacial score (nSPS) is 27.3. The number of aliphatic hydroxyl groups excluding tert-OH is 2. The van der Waals surface area contributed by atoms with Crippen LogP contribution in [0.15, 0.2) is 71.7 Å². The van der Waals surface area contributed by atoms with E-state index in [0.29, 0.717) is 72.5 Å². The number of nitrogens with zero attached hydrogens (tertiary/aromatic N) is 1. The highest BCUT2D eigenvalue weighted by Crippen LogP contribution is 2.55. The van der Waals surface area contributed by atoms with Crippen molar-refractivity contribution in [3.8, 4) is 52.4 Å². The fourth-order valence-electron chi connectivity index (χ4n) is 13.7. The number of aromatic hydroxyl groups is 2. The Labute approximate surface area is 469 Å². The Bertz CT molecular complexity index is 2960. The van der Waals surface area contributed by atoms with Crippen LogP contribution in [0.25, 0.3) is 0 Å². The van der Waals surface area contributed by atoms with Crippen LogP contribution in [0.1, 0.15) is 129 Å². The Morgan fingerprint density at radius 3 is 2.47 bits per heavy atom. The average molecular weight is 1100 g/mol. The SMILES string of the molecule is COc1c(O)ccc2c1C#CCc1cc(c3c4c1OCNC1(CC#CC5NC(N)=NC(C(C)C)CSSCC5C(C3)C(O)O4)CC(Cc3cc(O)cc(CCc4ccccc4)c3)CC3(CCCC3)C1)CCC(O)CC(=O)CC2. The molecular formula is C64H78N4O8S2. The van der Waals surface area contributed by atoms with E-state index in [1.807, 2.05) is 18.2 Å². The first-order chi connectivity index (χ1) is 37.7. The molecule has 14 heteroatoms. The highest BCUT2D eigenvalue weighted by atomic mass is 33.1. The number of carbonyl (C=O) groups is 1. The monoisotopic (exact) mass is 1090 g/mol. The Hall–Kier alpha value is -5.48. The molecule has 8 unspecified atom stereocenters. The minimum absolute atomic E-state index is 0.00706. The number of rotatable bonds is 7. The zero-order valence-corrected chi connectivity index (χ0v) is 47.2. The lowest BCUT2D eigenvalue weighted by Gasteiger charge is -2.50. The van der Waals surface area contributed by atoms with Crippen molar-refractivity contribution in [2.24, 2.45) is 39.8 Å². The lowest BCUT2D eigenvalue weighted by molar-refractivity contribution is -0.121. The van der Waals surface area contributed by atoms with Gasteiger partial charge in [0.25, 0.3) is 0 Å². The maximum absolute atomic E-state index is 13.4. The van der Waals surface area contributed by atoms with E-state index in [1.165, 1.54) is 25.5 Å². The van der Waals surface area contributed by atoms with Crippen LogP contribution in [0.5, 0.6) is 28.7 Å². The van der Waals surface area contributed by atoms with Crippen LogP contribution >= 0.6 is 21.6 Å². The molecule has 4 aromatic rings. The number of nitrogens with two attached hydrogens (primary N) is 1. The van der Waals surface area contributed by atoms with E-state index in [-0.39, 0.29) is 66.6 Å². The summed E-state index contributed by atoms with van der Waals surface area (Å²) >= 11 is 0. The quantitative estimate of drug-likeness (QED) is 0.0686. The van der Waals surface area contributed by atoms with Crippen molar-refractivity contribution in [3.05, 3.63) is 111 Å². The summed E-state index contributed by atoms with van der Waals surface area (Å²) in [4.78, 5) is 18.4. The lowest BCUT2D eigenvalue weighted by Crippen LogP contribution is -2.55. The van der Waals surface area contributed by atoms with Gasteiger partial charge in [0, 0.05) is 65.7 Å². The molecule has 8 atom stereocenters. The number of methoxy groups -OCH3 is 1. The van der Waals surface area contributed by atoms with Gasteiger partial charge in [-0.2, -0.15) is 0 Å². The summed E-state index contributed by atoms with van der Waals surface area (Å²) in [5.74, 6) is 17.3. The first-order valence-corrected chi connectivity index (χ1v) is 30.9. The number of phenols is 2. The molecular weight excluding hydrogens is 1020 g/mol. The topological polar surface area (TPSA) is 188 Å². The molecule has 2 saturated carbocycles. The Kier molecular flexibility index (Phi) is 17.8. The van der Waals surface area contributed by atoms with E-state index in [0.717, 1.165) is 90.5 Å². The second kappa shape index (κ2) is 24.9. The van der Waals surface area contributed by atoms with Crippen molar-refractivity contribution in [2.45, 2.75) is 159 Å². The maximum atomic E-state index is 13.4. The second-order valence-electron chi connectivity index (χ2n) is 23.6. The molecule has 2 spiro atoms. The van der Waals surface area contributed by atoms with Gasteiger partial charge in [-0.1, -0.05) is 120 Å². The number of aliphatic imine (C=N–C) groups is 1. The van der Waals surface area contributed by atoms with Gasteiger partial charge in [0.1, 0.15) is 18.3 Å². The molecule has 414 valence electrons. The number of ketones is 1. The number of benzene rings is 4. The molecule has 4 heterocycles. The first kappa shape index (κ1) is 55.8. The average Bonchev–Trinajstić information content (AvgIpc) is 4.03. The third-order valence-corrected chi connectivity index (χ3v) is 20.0. The molecule has 0 amide bonds. The van der Waals surface area contributed by atoms with Crippen LogP contribution < -0.4 is 30.6 Å². The summed E-state index contributed by atoms with van der Waals surface area (Å²) < 4.78 is 19.6. The molecule has 0 saturated heterocycles. The molecule has 3 aliphatic carbocycles. The van der Waals surface area contributed by atoms with Crippen molar-refractivity contribution < 1.29 is 39.4 Å². The highest BCUT2D eigenvalue weighted by Gasteiger charge is 2.50. The van der Waals surface area contributed by atoms with Gasteiger partial charge in [0.2, 0.25) is 6.29 Å². The second-order valence-corrected chi connectivity index (χ2v) is 26.1. The predicted molar refractivity (Wildman–Crippen MR) is 311 cm³/mol. The van der Waals surface area contributed by atoms with E-state index in [2.05, 4.69) is 84.6 Å². The summed E-state index contributed by atoms with van der Waals surface area (Å²) in [5, 5.41) is 53.6. The van der Waals surface area contributed by atoms with Crippen LogP contribution in [0.3, 0.4) is 0 Å². The van der Waals surface area contributed by atoms with E-state index in [4.69, 9.17) is 24.9 Å². The zero-order chi connectivity index (χ0) is 54.4. The number of hydrogen-bond donors (Lipinski definition) is 7. The van der Waals surface area contributed by atoms with Crippen LogP contribution in [-0.2, 0) is 49.7 Å². The number of nitrogens with one attached hydrogen (secondary N) is 2. The van der Waals surface area contributed by atoms with Gasteiger partial charge >= 0.3 is 0 Å². The van der Waals surface area contributed by atoms with Crippen molar-refractivity contribution in [2.75, 3.05) is 25.3 Å². The van der Waals surface area contributed by atoms with Crippen molar-refractivity contribution in [1.82, 2.24) is 10.6 Å². The Balaban J connectivity index is 1.07. The van der Waals surface area contributed by atoms with Crippen molar-refractivity contribution in [1.29, 1.82) is 0 Å². The van der Waals surface area contributed by atoms with Gasteiger partial charge in [-0.25, -0.2) is 4.99 Å². The molecule has 0 aromatic heterocycles. The number of Topliss-reactive ketones (excluding diaryl/α,β-unsaturated/α-hetero) is 1. The molecule has 78 heavy (non-hydrogen) atoms. The number of aryl methyl sites for hydroxylation is 4. The maximum Gasteiger partial charge on any atom is 0.201 e. The van der Waals surface area contributed by atoms with E-state index in [9.17, 15) is 25.2 Å². The fraction of sp³-hybridized carbons (Fsp3) is 0.531. The number of hydrogen-bond acceptors (Lipinski definition) is 14. The molecule has 11 rings (SSSR count). The van der Waals surface area contributed by atoms with Crippen LogP contribution in [0.4, 0.5) is 0 Å². The predicted octanol–water partition coefficient (Wildman–Crippen LogP) is 9.54. The van der Waals surface area contributed by atoms with E-state index in [1.54, 1.807) is 33.7 Å². The summed E-state index contributed by atoms with van der Waals surface area (Å²) in [6, 6.07) is 21.7. The van der Waals surface area contributed by atoms with Crippen LogP contribution in [0.2, 0.25) is 0 Å². The summed E-state index contributed by atoms with van der Waals surface area (Å²) in [6.45, 7) is 4.48. The fourth-order valence-corrected chi connectivity index (χ4v) is 16.5. The number of guanidine groups is 1. The zero-order valence-electron chi connectivity index (χ0n) is 45.6. The molecule has 2 fully saturated rings. The highest BCUT2D eigenvalue weighted by molar-refractivity contribution is 8.76. The molecule has 12 nitrogen and oxygen atoms in total. The van der Waals surface area contributed by atoms with Crippen molar-refractivity contribution in [3.63, 3.8) is 0 Å². The molecule has 4 aliphatic heterocycles. The third-order valence-electron chi connectivity index (χ3n) is 17.5. The number of phenolic OH excluding ortho intramolecular Hbond substituents is 2. The van der Waals surface area contributed by atoms with Gasteiger partial charge in [-0.3, -0.25) is 10.1 Å². The van der Waals surface area contributed by atoms with Crippen LogP contribution in [-0.4, -0.2) is 87.5 Å². The third kappa shape index (κ3) is 13.2. The number of aliphatic hydroxyl groups is 2. The summed E-state index contributed by atoms with van der Waals surface area (Å²) in [6.07, 6.45) is 10.7. The van der Waals surface area contributed by atoms with E-state index < -0.39 is 29.9 Å². The number of carbonyl (C=O) groups excluding carboxylic acids is 1. The molecule has 7 aliphatic rings. The van der Waals surface area contributed by atoms with Gasteiger partial charge in [0.05, 0.1) is 30.9 Å². The minimum Gasteiger partial charge on any atom is -0.508 e. The largest absolute Gasteiger partial charge is 0.508 e. The smallest absolute Gasteiger partial charge is 0.201 e. The van der Waals surface area contributed by atoms with Crippen LogP contribution in [0, 0.1) is 52.8 Å². The van der Waals surface area contributed by atoms with Gasteiger partial charge in [0.15, 0.2) is 29.0 Å². The Morgan fingerprint density at radius 1 is 0.872 bits per heavy atom. The first-order valence-electron chi connectivity index (χ1n) is 28.4. The minimum atomic E-state index is -1.23. The Morgan fingerprint density at radius 2 is 1.67 bits per heavy atom.